The highest BCUT2D eigenvalue weighted by Crippen LogP contribution is 2.34. The Morgan fingerprint density at radius 2 is 0.985 bits per heavy atom. The second-order valence-corrected chi connectivity index (χ2v) is 16.5. The minimum atomic E-state index is -0.403. The molecule has 0 heterocycles. The van der Waals surface area contributed by atoms with Crippen molar-refractivity contribution in [2.45, 2.75) is 109 Å². The Labute approximate surface area is 387 Å². The fraction of sp³-hybridized carbons (Fsp3) is 0.481. The number of unbranched alkanes of at least 4 members (excludes halogenated alkanes) is 6. The van der Waals surface area contributed by atoms with Crippen LogP contribution in [0.4, 0.5) is 0 Å². The van der Waals surface area contributed by atoms with E-state index < -0.39 is 11.9 Å². The normalized spacial score (nSPS) is 17.9. The van der Waals surface area contributed by atoms with Gasteiger partial charge in [-0.1, -0.05) is 13.2 Å². The number of aldehydes is 1. The van der Waals surface area contributed by atoms with Gasteiger partial charge in [0.05, 0.1) is 56.5 Å². The number of carbonyl (C=O) groups excluding carboxylic acids is 5. The van der Waals surface area contributed by atoms with Gasteiger partial charge in [-0.3, -0.25) is 14.4 Å². The third kappa shape index (κ3) is 18.4. The molecule has 0 radical (unpaired) electrons. The SMILES string of the molecule is C=CC(=O)OCCCCCCOc1ccc(OOCC2CCC(C(=O)Oc3ccc(OC4CCC(C(=O)Oc5ccc(OCCCCCCOC(=O)C=C)cc5)CC4)c(C=O)c3)CC2)cc1. The van der Waals surface area contributed by atoms with E-state index in [1.54, 1.807) is 48.5 Å². The van der Waals surface area contributed by atoms with Crippen LogP contribution in [0, 0.1) is 17.8 Å². The lowest BCUT2D eigenvalue weighted by molar-refractivity contribution is -0.218. The Morgan fingerprint density at radius 3 is 1.50 bits per heavy atom. The zero-order chi connectivity index (χ0) is 46.8. The predicted octanol–water partition coefficient (Wildman–Crippen LogP) is 10.1. The fourth-order valence-corrected chi connectivity index (χ4v) is 7.70. The Balaban J connectivity index is 0.915. The first-order valence-electron chi connectivity index (χ1n) is 23.3. The van der Waals surface area contributed by atoms with E-state index in [1.807, 2.05) is 12.1 Å². The Hall–Kier alpha value is -6.15. The molecule has 3 aromatic carbocycles. The van der Waals surface area contributed by atoms with Gasteiger partial charge in [0.1, 0.15) is 28.7 Å². The van der Waals surface area contributed by atoms with Crippen molar-refractivity contribution in [3.8, 4) is 34.5 Å². The summed E-state index contributed by atoms with van der Waals surface area (Å²) in [4.78, 5) is 71.3. The summed E-state index contributed by atoms with van der Waals surface area (Å²) < 4.78 is 39.1. The molecule has 0 bridgehead atoms. The molecule has 14 nitrogen and oxygen atoms in total. The first-order valence-corrected chi connectivity index (χ1v) is 23.3. The molecule has 0 atom stereocenters. The molecule has 0 spiro atoms. The molecule has 0 aromatic heterocycles. The molecule has 3 aromatic rings. The smallest absolute Gasteiger partial charge is 0.330 e. The van der Waals surface area contributed by atoms with E-state index in [2.05, 4.69) is 13.2 Å². The molecule has 2 aliphatic carbocycles. The lowest BCUT2D eigenvalue weighted by atomic mass is 9.82. The lowest BCUT2D eigenvalue weighted by Gasteiger charge is -2.28. The van der Waals surface area contributed by atoms with E-state index in [0.29, 0.717) is 101 Å². The zero-order valence-electron chi connectivity index (χ0n) is 37.9. The van der Waals surface area contributed by atoms with Gasteiger partial charge in [0.2, 0.25) is 0 Å². The quantitative estimate of drug-likeness (QED) is 0.0123. The molecule has 2 fully saturated rings. The van der Waals surface area contributed by atoms with Crippen LogP contribution in [0.2, 0.25) is 0 Å². The third-order valence-electron chi connectivity index (χ3n) is 11.6. The molecule has 66 heavy (non-hydrogen) atoms. The maximum Gasteiger partial charge on any atom is 0.330 e. The summed E-state index contributed by atoms with van der Waals surface area (Å²) in [6.07, 6.45) is 15.3. The average Bonchev–Trinajstić information content (AvgIpc) is 3.34. The van der Waals surface area contributed by atoms with Gasteiger partial charge >= 0.3 is 23.9 Å². The Kier molecular flexibility index (Phi) is 22.1. The highest BCUT2D eigenvalue weighted by Gasteiger charge is 2.30. The monoisotopic (exact) mass is 912 g/mol. The molecule has 0 N–H and O–H groups in total. The van der Waals surface area contributed by atoms with Gasteiger partial charge in [-0.25, -0.2) is 9.59 Å². The summed E-state index contributed by atoms with van der Waals surface area (Å²) in [5.41, 5.74) is 0.287. The second kappa shape index (κ2) is 28.7. The summed E-state index contributed by atoms with van der Waals surface area (Å²) in [5, 5.41) is 0. The van der Waals surface area contributed by atoms with Crippen molar-refractivity contribution in [2.24, 2.45) is 17.8 Å². The number of benzene rings is 3. The van der Waals surface area contributed by atoms with Gasteiger partial charge in [-0.15, -0.1) is 0 Å². The van der Waals surface area contributed by atoms with Gasteiger partial charge in [0.15, 0.2) is 12.0 Å². The van der Waals surface area contributed by atoms with Crippen LogP contribution in [-0.2, 0) is 33.5 Å². The second-order valence-electron chi connectivity index (χ2n) is 16.5. The average molecular weight is 913 g/mol. The topological polar surface area (TPSA) is 168 Å². The molecule has 2 aliphatic rings. The Morgan fingerprint density at radius 1 is 0.530 bits per heavy atom. The largest absolute Gasteiger partial charge is 0.494 e. The van der Waals surface area contributed by atoms with E-state index in [0.717, 1.165) is 76.0 Å². The molecule has 2 saturated carbocycles. The molecular weight excluding hydrogens is 849 g/mol. The number of carbonyl (C=O) groups is 5. The maximum atomic E-state index is 13.1. The van der Waals surface area contributed by atoms with Crippen LogP contribution in [0.3, 0.4) is 0 Å². The summed E-state index contributed by atoms with van der Waals surface area (Å²) in [5.74, 6) is 1.45. The first-order chi connectivity index (χ1) is 32.2. The van der Waals surface area contributed by atoms with E-state index in [1.165, 1.54) is 12.1 Å². The lowest BCUT2D eigenvalue weighted by Crippen LogP contribution is -2.30. The zero-order valence-corrected chi connectivity index (χ0v) is 37.9. The van der Waals surface area contributed by atoms with Crippen LogP contribution in [0.1, 0.15) is 113 Å². The highest BCUT2D eigenvalue weighted by atomic mass is 17.2. The van der Waals surface area contributed by atoms with Gasteiger partial charge in [0, 0.05) is 12.2 Å². The standard InChI is InChI=1S/C52H64O14/c1-3-49(54)60-33-11-7-5-9-31-58-42-21-25-45(26-22-42)64-51(56)40-17-19-44(20-18-40)63-48-30-29-47(35-41(48)36-53)65-52(57)39-15-13-38(14-16-39)37-62-66-46-27-23-43(24-28-46)59-32-10-6-8-12-34-61-50(55)4-2/h3-4,21-30,35-36,38-40,44H,1-2,5-20,31-34,37H2. The molecule has 0 amide bonds. The van der Waals surface area contributed by atoms with E-state index in [-0.39, 0.29) is 47.1 Å². The molecule has 14 heteroatoms. The molecule has 0 unspecified atom stereocenters. The van der Waals surface area contributed by atoms with Crippen LogP contribution in [0.15, 0.2) is 92.0 Å². The predicted molar refractivity (Wildman–Crippen MR) is 245 cm³/mol. The number of esters is 4. The number of hydrogen-bond acceptors (Lipinski definition) is 14. The van der Waals surface area contributed by atoms with Crippen molar-refractivity contribution in [3.63, 3.8) is 0 Å². The van der Waals surface area contributed by atoms with Crippen molar-refractivity contribution in [1.29, 1.82) is 0 Å². The van der Waals surface area contributed by atoms with Crippen molar-refractivity contribution in [2.75, 3.05) is 33.0 Å². The molecular formula is C52H64O14. The first kappa shape index (κ1) is 50.8. The minimum Gasteiger partial charge on any atom is -0.494 e. The third-order valence-corrected chi connectivity index (χ3v) is 11.6. The van der Waals surface area contributed by atoms with Crippen LogP contribution in [-0.4, -0.2) is 69.3 Å². The summed E-state index contributed by atoms with van der Waals surface area (Å²) in [7, 11) is 0. The van der Waals surface area contributed by atoms with E-state index in [4.69, 9.17) is 42.9 Å². The van der Waals surface area contributed by atoms with Crippen LogP contribution < -0.4 is 28.6 Å². The van der Waals surface area contributed by atoms with Crippen molar-refractivity contribution in [1.82, 2.24) is 0 Å². The van der Waals surface area contributed by atoms with Crippen molar-refractivity contribution >= 4 is 30.2 Å². The van der Waals surface area contributed by atoms with Gasteiger partial charge < -0.3 is 38.0 Å². The Bertz CT molecular complexity index is 1980. The van der Waals surface area contributed by atoms with E-state index in [9.17, 15) is 24.0 Å². The highest BCUT2D eigenvalue weighted by molar-refractivity contribution is 5.82. The number of ether oxygens (including phenoxy) is 7. The minimum absolute atomic E-state index is 0.181. The molecule has 356 valence electrons. The van der Waals surface area contributed by atoms with Gasteiger partial charge in [0.25, 0.3) is 0 Å². The number of rotatable bonds is 29. The summed E-state index contributed by atoms with van der Waals surface area (Å²) >= 11 is 0. The summed E-state index contributed by atoms with van der Waals surface area (Å²) in [6, 6.07) is 19.1. The van der Waals surface area contributed by atoms with Crippen molar-refractivity contribution in [3.05, 3.63) is 97.6 Å². The van der Waals surface area contributed by atoms with Crippen LogP contribution in [0.25, 0.3) is 0 Å². The van der Waals surface area contributed by atoms with Crippen LogP contribution in [0.5, 0.6) is 34.5 Å². The van der Waals surface area contributed by atoms with Gasteiger partial charge in [-0.05, 0) is 175 Å². The van der Waals surface area contributed by atoms with Crippen LogP contribution >= 0.6 is 0 Å². The van der Waals surface area contributed by atoms with Gasteiger partial charge in [-0.2, -0.15) is 4.89 Å². The molecule has 0 saturated heterocycles. The van der Waals surface area contributed by atoms with Crippen molar-refractivity contribution < 1.29 is 66.9 Å². The molecule has 5 rings (SSSR count). The maximum absolute atomic E-state index is 13.1. The number of hydrogen-bond donors (Lipinski definition) is 0. The van der Waals surface area contributed by atoms with E-state index >= 15 is 0 Å². The summed E-state index contributed by atoms with van der Waals surface area (Å²) in [6.45, 7) is 9.09. The molecule has 0 aliphatic heterocycles. The fourth-order valence-electron chi connectivity index (χ4n) is 7.70.